The van der Waals surface area contributed by atoms with E-state index in [-0.39, 0.29) is 0 Å². The second-order valence-corrected chi connectivity index (χ2v) is 5.00. The van der Waals surface area contributed by atoms with Crippen LogP contribution < -0.4 is 5.73 Å². The van der Waals surface area contributed by atoms with Gasteiger partial charge in [0, 0.05) is 24.5 Å². The van der Waals surface area contributed by atoms with Gasteiger partial charge in [-0.2, -0.15) is 0 Å². The van der Waals surface area contributed by atoms with E-state index < -0.39 is 0 Å². The van der Waals surface area contributed by atoms with Crippen molar-refractivity contribution in [3.05, 3.63) is 42.1 Å². The molecule has 0 aliphatic carbocycles. The van der Waals surface area contributed by atoms with Crippen molar-refractivity contribution >= 4 is 10.9 Å². The van der Waals surface area contributed by atoms with Crippen molar-refractivity contribution in [3.8, 4) is 0 Å². The van der Waals surface area contributed by atoms with Gasteiger partial charge in [0.15, 0.2) is 0 Å². The van der Waals surface area contributed by atoms with Crippen LogP contribution >= 0.6 is 0 Å². The molecule has 0 amide bonds. The van der Waals surface area contributed by atoms with Crippen LogP contribution in [0.3, 0.4) is 0 Å². The van der Waals surface area contributed by atoms with Crippen LogP contribution in [0, 0.1) is 0 Å². The second-order valence-electron chi connectivity index (χ2n) is 5.00. The molecule has 1 aromatic heterocycles. The van der Waals surface area contributed by atoms with Crippen LogP contribution in [-0.4, -0.2) is 29.0 Å². The van der Waals surface area contributed by atoms with E-state index in [0.29, 0.717) is 6.04 Å². The minimum absolute atomic E-state index is 0.540. The molecule has 2 heterocycles. The number of fused-ring (bicyclic) bond motifs is 1. The first-order valence-corrected chi connectivity index (χ1v) is 6.65. The van der Waals surface area contributed by atoms with E-state index in [1.54, 1.807) is 0 Å². The van der Waals surface area contributed by atoms with Gasteiger partial charge in [0.25, 0.3) is 0 Å². The first-order chi connectivity index (χ1) is 8.86. The number of hydrogen-bond donors (Lipinski definition) is 1. The number of nitrogens with zero attached hydrogens (tertiary/aromatic N) is 2. The summed E-state index contributed by atoms with van der Waals surface area (Å²) in [7, 11) is 0. The van der Waals surface area contributed by atoms with Gasteiger partial charge in [-0.3, -0.25) is 9.88 Å². The molecule has 1 aliphatic rings. The lowest BCUT2D eigenvalue weighted by Gasteiger charge is -2.22. The number of benzene rings is 1. The molecule has 3 rings (SSSR count). The molecule has 1 saturated heterocycles. The van der Waals surface area contributed by atoms with Gasteiger partial charge < -0.3 is 5.73 Å². The van der Waals surface area contributed by atoms with Gasteiger partial charge in [-0.25, -0.2) is 0 Å². The summed E-state index contributed by atoms with van der Waals surface area (Å²) >= 11 is 0. The lowest BCUT2D eigenvalue weighted by Crippen LogP contribution is -2.35. The maximum atomic E-state index is 5.81. The van der Waals surface area contributed by atoms with Crippen molar-refractivity contribution in [1.82, 2.24) is 9.88 Å². The number of para-hydroxylation sites is 1. The Balaban J connectivity index is 1.82. The fourth-order valence-corrected chi connectivity index (χ4v) is 2.77. The zero-order valence-electron chi connectivity index (χ0n) is 10.5. The van der Waals surface area contributed by atoms with E-state index in [4.69, 9.17) is 10.7 Å². The van der Waals surface area contributed by atoms with Crippen LogP contribution in [-0.2, 0) is 6.54 Å². The van der Waals surface area contributed by atoms with Crippen LogP contribution in [0.2, 0.25) is 0 Å². The Labute approximate surface area is 108 Å². The van der Waals surface area contributed by atoms with Gasteiger partial charge in [-0.1, -0.05) is 24.3 Å². The average molecular weight is 241 g/mol. The molecule has 1 aromatic carbocycles. The molecule has 0 spiro atoms. The maximum Gasteiger partial charge on any atom is 0.0705 e. The van der Waals surface area contributed by atoms with Crippen molar-refractivity contribution in [3.63, 3.8) is 0 Å². The largest absolute Gasteiger partial charge is 0.329 e. The second kappa shape index (κ2) is 5.04. The Morgan fingerprint density at radius 1 is 1.22 bits per heavy atom. The highest BCUT2D eigenvalue weighted by Crippen LogP contribution is 2.19. The monoisotopic (exact) mass is 241 g/mol. The summed E-state index contributed by atoms with van der Waals surface area (Å²) < 4.78 is 0. The minimum Gasteiger partial charge on any atom is -0.329 e. The van der Waals surface area contributed by atoms with Crippen molar-refractivity contribution in [2.45, 2.75) is 25.4 Å². The normalized spacial score (nSPS) is 20.6. The van der Waals surface area contributed by atoms with Crippen LogP contribution in [0.25, 0.3) is 10.9 Å². The standard InChI is InChI=1S/C15H19N3/c16-10-14-5-3-9-18(14)11-13-8-7-12-4-1-2-6-15(12)17-13/h1-2,4,6-8,14H,3,5,9-11,16H2. The zero-order valence-corrected chi connectivity index (χ0v) is 10.5. The highest BCUT2D eigenvalue weighted by Gasteiger charge is 2.23. The molecule has 0 bridgehead atoms. The van der Waals surface area contributed by atoms with Gasteiger partial charge in [-0.15, -0.1) is 0 Å². The predicted molar refractivity (Wildman–Crippen MR) is 74.2 cm³/mol. The van der Waals surface area contributed by atoms with E-state index in [9.17, 15) is 0 Å². The maximum absolute atomic E-state index is 5.81. The quantitative estimate of drug-likeness (QED) is 0.895. The van der Waals surface area contributed by atoms with Crippen molar-refractivity contribution in [2.75, 3.05) is 13.1 Å². The molecule has 18 heavy (non-hydrogen) atoms. The third-order valence-corrected chi connectivity index (χ3v) is 3.79. The Morgan fingerprint density at radius 3 is 3.00 bits per heavy atom. The Bertz CT molecular complexity index is 538. The van der Waals surface area contributed by atoms with E-state index in [1.807, 2.05) is 6.07 Å². The molecule has 2 aromatic rings. The van der Waals surface area contributed by atoms with Crippen molar-refractivity contribution in [1.29, 1.82) is 0 Å². The molecule has 1 atom stereocenters. The van der Waals surface area contributed by atoms with Gasteiger partial charge in [0.05, 0.1) is 11.2 Å². The Morgan fingerprint density at radius 2 is 2.11 bits per heavy atom. The zero-order chi connectivity index (χ0) is 12.4. The molecular formula is C15H19N3. The number of likely N-dealkylation sites (tertiary alicyclic amines) is 1. The summed E-state index contributed by atoms with van der Waals surface area (Å²) in [4.78, 5) is 7.18. The molecule has 1 aliphatic heterocycles. The lowest BCUT2D eigenvalue weighted by molar-refractivity contribution is 0.247. The molecular weight excluding hydrogens is 222 g/mol. The highest BCUT2D eigenvalue weighted by molar-refractivity contribution is 5.78. The van der Waals surface area contributed by atoms with E-state index >= 15 is 0 Å². The summed E-state index contributed by atoms with van der Waals surface area (Å²) in [6.07, 6.45) is 2.49. The van der Waals surface area contributed by atoms with Gasteiger partial charge in [0.1, 0.15) is 0 Å². The highest BCUT2D eigenvalue weighted by atomic mass is 15.2. The van der Waals surface area contributed by atoms with E-state index in [1.165, 1.54) is 18.2 Å². The number of hydrogen-bond acceptors (Lipinski definition) is 3. The number of aromatic nitrogens is 1. The Kier molecular flexibility index (Phi) is 3.26. The first-order valence-electron chi connectivity index (χ1n) is 6.65. The van der Waals surface area contributed by atoms with Crippen LogP contribution in [0.5, 0.6) is 0 Å². The summed E-state index contributed by atoms with van der Waals surface area (Å²) in [5.41, 5.74) is 8.04. The third kappa shape index (κ3) is 2.24. The minimum atomic E-state index is 0.540. The van der Waals surface area contributed by atoms with Gasteiger partial charge in [0.2, 0.25) is 0 Å². The van der Waals surface area contributed by atoms with Gasteiger partial charge >= 0.3 is 0 Å². The molecule has 3 heteroatoms. The van der Waals surface area contributed by atoms with Crippen LogP contribution in [0.1, 0.15) is 18.5 Å². The number of nitrogens with two attached hydrogens (primary N) is 1. The molecule has 1 fully saturated rings. The average Bonchev–Trinajstić information content (AvgIpc) is 2.86. The predicted octanol–water partition coefficient (Wildman–Crippen LogP) is 2.16. The molecule has 1 unspecified atom stereocenters. The van der Waals surface area contributed by atoms with Crippen molar-refractivity contribution < 1.29 is 0 Å². The molecule has 0 saturated carbocycles. The van der Waals surface area contributed by atoms with Crippen molar-refractivity contribution in [2.24, 2.45) is 5.73 Å². The van der Waals surface area contributed by atoms with Crippen LogP contribution in [0.15, 0.2) is 36.4 Å². The topological polar surface area (TPSA) is 42.1 Å². The number of pyridine rings is 1. The fourth-order valence-electron chi connectivity index (χ4n) is 2.77. The fraction of sp³-hybridized carbons (Fsp3) is 0.400. The van der Waals surface area contributed by atoms with Gasteiger partial charge in [-0.05, 0) is 31.5 Å². The SMILES string of the molecule is NCC1CCCN1Cc1ccc2ccccc2n1. The van der Waals surface area contributed by atoms with E-state index in [0.717, 1.165) is 30.8 Å². The summed E-state index contributed by atoms with van der Waals surface area (Å²) in [6, 6.07) is 13.1. The molecule has 3 nitrogen and oxygen atoms in total. The summed E-state index contributed by atoms with van der Waals surface area (Å²) in [6.45, 7) is 2.83. The summed E-state index contributed by atoms with van der Waals surface area (Å²) in [5, 5.41) is 1.21. The smallest absolute Gasteiger partial charge is 0.0705 e. The van der Waals surface area contributed by atoms with E-state index in [2.05, 4.69) is 35.2 Å². The first kappa shape index (κ1) is 11.6. The molecule has 0 radical (unpaired) electrons. The Hall–Kier alpha value is -1.45. The molecule has 2 N–H and O–H groups in total. The summed E-state index contributed by atoms with van der Waals surface area (Å²) in [5.74, 6) is 0. The third-order valence-electron chi connectivity index (χ3n) is 3.79. The lowest BCUT2D eigenvalue weighted by atomic mass is 10.2. The number of rotatable bonds is 3. The van der Waals surface area contributed by atoms with Crippen LogP contribution in [0.4, 0.5) is 0 Å². The molecule has 94 valence electrons.